The molecule has 0 radical (unpaired) electrons. The Balaban J connectivity index is 3.01. The molecule has 1 aromatic rings. The van der Waals surface area contributed by atoms with Crippen molar-refractivity contribution in [3.8, 4) is 0 Å². The van der Waals surface area contributed by atoms with E-state index in [0.717, 1.165) is 6.08 Å². The van der Waals surface area contributed by atoms with Crippen molar-refractivity contribution in [2.24, 2.45) is 0 Å². The SMILES string of the molecule is C=CC(=O)OP(=O)(CC)c1ccccc1. The number of carbonyl (C=O) groups excluding carboxylic acids is 1. The molecule has 4 heteroatoms. The third kappa shape index (κ3) is 2.80. The quantitative estimate of drug-likeness (QED) is 0.582. The van der Waals surface area contributed by atoms with E-state index in [1.54, 1.807) is 31.2 Å². The van der Waals surface area contributed by atoms with Gasteiger partial charge in [0.15, 0.2) is 0 Å². The summed E-state index contributed by atoms with van der Waals surface area (Å²) in [6.45, 7) is 5.00. The minimum absolute atomic E-state index is 0.288. The second kappa shape index (κ2) is 4.94. The number of benzene rings is 1. The molecule has 3 nitrogen and oxygen atoms in total. The zero-order chi connectivity index (χ0) is 11.3. The molecule has 80 valence electrons. The largest absolute Gasteiger partial charge is 0.405 e. The van der Waals surface area contributed by atoms with Crippen molar-refractivity contribution in [1.82, 2.24) is 0 Å². The average Bonchev–Trinajstić information content (AvgIpc) is 2.30. The molecule has 1 aromatic carbocycles. The second-order valence-corrected chi connectivity index (χ2v) is 5.62. The third-order valence-electron chi connectivity index (χ3n) is 1.97. The highest BCUT2D eigenvalue weighted by molar-refractivity contribution is 7.67. The van der Waals surface area contributed by atoms with E-state index in [1.165, 1.54) is 0 Å². The van der Waals surface area contributed by atoms with Crippen LogP contribution in [0.4, 0.5) is 0 Å². The molecule has 0 saturated heterocycles. The number of hydrogen-bond donors (Lipinski definition) is 0. The molecule has 0 fully saturated rings. The standard InChI is InChI=1S/C11H13O3P/c1-3-11(12)14-15(13,4-2)10-8-6-5-7-9-10/h3,5-9H,1,4H2,2H3. The Kier molecular flexibility index (Phi) is 3.87. The first-order valence-corrected chi connectivity index (χ1v) is 6.44. The van der Waals surface area contributed by atoms with Gasteiger partial charge < -0.3 is 4.52 Å². The van der Waals surface area contributed by atoms with E-state index in [2.05, 4.69) is 6.58 Å². The smallest absolute Gasteiger partial charge is 0.335 e. The van der Waals surface area contributed by atoms with Crippen molar-refractivity contribution in [2.75, 3.05) is 6.16 Å². The fraction of sp³-hybridized carbons (Fsp3) is 0.182. The van der Waals surface area contributed by atoms with Crippen LogP contribution in [-0.2, 0) is 13.9 Å². The van der Waals surface area contributed by atoms with Crippen molar-refractivity contribution in [3.05, 3.63) is 43.0 Å². The third-order valence-corrected chi connectivity index (χ3v) is 4.36. The Hall–Kier alpha value is -1.34. The lowest BCUT2D eigenvalue weighted by Crippen LogP contribution is -2.11. The maximum absolute atomic E-state index is 12.3. The van der Waals surface area contributed by atoms with E-state index < -0.39 is 13.3 Å². The first-order chi connectivity index (χ1) is 7.12. The first kappa shape index (κ1) is 11.7. The van der Waals surface area contributed by atoms with Crippen molar-refractivity contribution < 1.29 is 13.9 Å². The van der Waals surface area contributed by atoms with Crippen LogP contribution in [0.15, 0.2) is 43.0 Å². The summed E-state index contributed by atoms with van der Waals surface area (Å²) >= 11 is 0. The van der Waals surface area contributed by atoms with Gasteiger partial charge in [-0.1, -0.05) is 31.7 Å². The Morgan fingerprint density at radius 2 is 2.07 bits per heavy atom. The molecule has 1 unspecified atom stereocenters. The topological polar surface area (TPSA) is 43.4 Å². The van der Waals surface area contributed by atoms with Gasteiger partial charge in [0.25, 0.3) is 7.37 Å². The maximum atomic E-state index is 12.3. The van der Waals surface area contributed by atoms with Crippen LogP contribution in [0.25, 0.3) is 0 Å². The molecule has 0 aliphatic carbocycles. The van der Waals surface area contributed by atoms with Gasteiger partial charge in [-0.2, -0.15) is 0 Å². The number of hydrogen-bond acceptors (Lipinski definition) is 3. The monoisotopic (exact) mass is 224 g/mol. The van der Waals surface area contributed by atoms with Crippen LogP contribution in [0.5, 0.6) is 0 Å². The zero-order valence-corrected chi connectivity index (χ0v) is 9.44. The predicted octanol–water partition coefficient (Wildman–Crippen LogP) is 2.34. The lowest BCUT2D eigenvalue weighted by Gasteiger charge is -2.15. The molecule has 0 heterocycles. The molecular formula is C11H13O3P. The Labute approximate surface area is 89.2 Å². The number of rotatable bonds is 4. The minimum Gasteiger partial charge on any atom is -0.405 e. The van der Waals surface area contributed by atoms with E-state index in [0.29, 0.717) is 5.30 Å². The Morgan fingerprint density at radius 1 is 1.47 bits per heavy atom. The number of carbonyl (C=O) groups is 1. The van der Waals surface area contributed by atoms with Crippen LogP contribution in [0.2, 0.25) is 0 Å². The summed E-state index contributed by atoms with van der Waals surface area (Å²) < 4.78 is 17.2. The van der Waals surface area contributed by atoms with Gasteiger partial charge in [0, 0.05) is 17.5 Å². The summed E-state index contributed by atoms with van der Waals surface area (Å²) in [7, 11) is -3.05. The molecule has 0 N–H and O–H groups in total. The summed E-state index contributed by atoms with van der Waals surface area (Å²) in [6, 6.07) is 8.74. The summed E-state index contributed by atoms with van der Waals surface area (Å²) in [5.74, 6) is -0.649. The molecule has 0 aliphatic heterocycles. The van der Waals surface area contributed by atoms with E-state index in [1.807, 2.05) is 6.07 Å². The van der Waals surface area contributed by atoms with Crippen LogP contribution in [0.3, 0.4) is 0 Å². The molecule has 0 aliphatic rings. The van der Waals surface area contributed by atoms with Gasteiger partial charge in [0.2, 0.25) is 0 Å². The van der Waals surface area contributed by atoms with Gasteiger partial charge in [0.1, 0.15) is 0 Å². The molecular weight excluding hydrogens is 211 g/mol. The average molecular weight is 224 g/mol. The van der Waals surface area contributed by atoms with Gasteiger partial charge in [-0.25, -0.2) is 4.79 Å². The lowest BCUT2D eigenvalue weighted by molar-refractivity contribution is -0.128. The zero-order valence-electron chi connectivity index (χ0n) is 8.55. The molecule has 15 heavy (non-hydrogen) atoms. The first-order valence-electron chi connectivity index (χ1n) is 4.63. The molecule has 0 aromatic heterocycles. The lowest BCUT2D eigenvalue weighted by atomic mass is 10.4. The summed E-state index contributed by atoms with van der Waals surface area (Å²) in [5.41, 5.74) is 0. The van der Waals surface area contributed by atoms with E-state index in [9.17, 15) is 9.36 Å². The van der Waals surface area contributed by atoms with Crippen LogP contribution in [-0.4, -0.2) is 12.1 Å². The summed E-state index contributed by atoms with van der Waals surface area (Å²) in [4.78, 5) is 11.0. The van der Waals surface area contributed by atoms with E-state index >= 15 is 0 Å². The van der Waals surface area contributed by atoms with Gasteiger partial charge in [0.05, 0.1) is 0 Å². The molecule has 1 rings (SSSR count). The van der Waals surface area contributed by atoms with Crippen LogP contribution in [0.1, 0.15) is 6.92 Å². The fourth-order valence-corrected chi connectivity index (χ4v) is 2.73. The maximum Gasteiger partial charge on any atom is 0.335 e. The van der Waals surface area contributed by atoms with Crippen molar-refractivity contribution in [1.29, 1.82) is 0 Å². The van der Waals surface area contributed by atoms with Gasteiger partial charge in [-0.05, 0) is 12.1 Å². The molecule has 0 spiro atoms. The van der Waals surface area contributed by atoms with Gasteiger partial charge in [-0.15, -0.1) is 0 Å². The second-order valence-electron chi connectivity index (χ2n) is 2.94. The van der Waals surface area contributed by atoms with E-state index in [4.69, 9.17) is 4.52 Å². The predicted molar refractivity (Wildman–Crippen MR) is 60.5 cm³/mol. The molecule has 0 amide bonds. The highest BCUT2D eigenvalue weighted by Crippen LogP contribution is 2.45. The van der Waals surface area contributed by atoms with Crippen molar-refractivity contribution >= 4 is 18.6 Å². The molecule has 1 atom stereocenters. The Bertz CT molecular complexity index is 398. The van der Waals surface area contributed by atoms with Gasteiger partial charge >= 0.3 is 5.97 Å². The molecule has 0 bridgehead atoms. The highest BCUT2D eigenvalue weighted by Gasteiger charge is 2.26. The van der Waals surface area contributed by atoms with Gasteiger partial charge in [-0.3, -0.25) is 4.57 Å². The minimum atomic E-state index is -3.05. The van der Waals surface area contributed by atoms with Crippen molar-refractivity contribution in [2.45, 2.75) is 6.92 Å². The van der Waals surface area contributed by atoms with Crippen LogP contribution >= 0.6 is 7.37 Å². The highest BCUT2D eigenvalue weighted by atomic mass is 31.2. The van der Waals surface area contributed by atoms with Crippen LogP contribution in [0, 0.1) is 0 Å². The van der Waals surface area contributed by atoms with E-state index in [-0.39, 0.29) is 6.16 Å². The Morgan fingerprint density at radius 3 is 2.53 bits per heavy atom. The fourth-order valence-electron chi connectivity index (χ4n) is 1.14. The molecule has 0 saturated carbocycles. The normalized spacial score (nSPS) is 13.9. The summed E-state index contributed by atoms with van der Waals surface area (Å²) in [6.07, 6.45) is 1.31. The summed E-state index contributed by atoms with van der Waals surface area (Å²) in [5, 5.41) is 0.558. The van der Waals surface area contributed by atoms with Crippen molar-refractivity contribution in [3.63, 3.8) is 0 Å². The van der Waals surface area contributed by atoms with Crippen LogP contribution < -0.4 is 5.30 Å².